The lowest BCUT2D eigenvalue weighted by Gasteiger charge is -2.38. The maximum atomic E-state index is 5.40. The number of aromatic nitrogens is 3. The molecular formula is C23H26N4O. The summed E-state index contributed by atoms with van der Waals surface area (Å²) < 4.78 is 7.84. The van der Waals surface area contributed by atoms with Gasteiger partial charge >= 0.3 is 0 Å². The van der Waals surface area contributed by atoms with E-state index in [2.05, 4.69) is 38.7 Å². The van der Waals surface area contributed by atoms with E-state index in [1.807, 2.05) is 30.7 Å². The maximum Gasteiger partial charge on any atom is 0.119 e. The summed E-state index contributed by atoms with van der Waals surface area (Å²) in [6, 6.07) is 12.5. The van der Waals surface area contributed by atoms with Crippen LogP contribution < -0.4 is 4.74 Å². The number of rotatable bonds is 4. The predicted octanol–water partition coefficient (Wildman–Crippen LogP) is 3.89. The Hall–Kier alpha value is -2.66. The van der Waals surface area contributed by atoms with Gasteiger partial charge in [0.05, 0.1) is 19.0 Å². The third kappa shape index (κ3) is 3.00. The summed E-state index contributed by atoms with van der Waals surface area (Å²) in [5, 5.41) is 0. The van der Waals surface area contributed by atoms with E-state index in [0.29, 0.717) is 0 Å². The molecule has 144 valence electrons. The highest BCUT2D eigenvalue weighted by molar-refractivity contribution is 5.62. The van der Waals surface area contributed by atoms with E-state index >= 15 is 0 Å². The fourth-order valence-corrected chi connectivity index (χ4v) is 4.84. The lowest BCUT2D eigenvalue weighted by molar-refractivity contribution is 0.150. The largest absolute Gasteiger partial charge is 0.497 e. The van der Waals surface area contributed by atoms with Gasteiger partial charge in [-0.15, -0.1) is 0 Å². The molecule has 28 heavy (non-hydrogen) atoms. The van der Waals surface area contributed by atoms with Gasteiger partial charge < -0.3 is 9.30 Å². The molecule has 1 saturated heterocycles. The number of imidazole rings is 1. The molecule has 0 radical (unpaired) electrons. The monoisotopic (exact) mass is 374 g/mol. The average molecular weight is 374 g/mol. The van der Waals surface area contributed by atoms with Gasteiger partial charge in [0, 0.05) is 36.5 Å². The number of likely N-dealkylation sites (tertiary alicyclic amines) is 1. The lowest BCUT2D eigenvalue weighted by Crippen LogP contribution is -2.41. The zero-order valence-electron chi connectivity index (χ0n) is 16.3. The second-order valence-corrected chi connectivity index (χ2v) is 8.02. The highest BCUT2D eigenvalue weighted by Gasteiger charge is 2.43. The number of piperidine rings is 1. The van der Waals surface area contributed by atoms with Crippen molar-refractivity contribution in [1.82, 2.24) is 19.4 Å². The Bertz CT molecular complexity index is 958. The maximum absolute atomic E-state index is 5.40. The molecular weight excluding hydrogens is 348 g/mol. The van der Waals surface area contributed by atoms with Crippen LogP contribution in [0.4, 0.5) is 0 Å². The smallest absolute Gasteiger partial charge is 0.119 e. The molecule has 3 aromatic rings. The second-order valence-electron chi connectivity index (χ2n) is 8.02. The highest BCUT2D eigenvalue weighted by atomic mass is 16.5. The van der Waals surface area contributed by atoms with Gasteiger partial charge in [-0.1, -0.05) is 18.2 Å². The van der Waals surface area contributed by atoms with Crippen LogP contribution in [0.3, 0.4) is 0 Å². The molecule has 0 amide bonds. The zero-order valence-corrected chi connectivity index (χ0v) is 16.3. The van der Waals surface area contributed by atoms with Crippen LogP contribution in [0.5, 0.6) is 5.75 Å². The fraction of sp³-hybridized carbons (Fsp3) is 0.391. The van der Waals surface area contributed by atoms with Crippen molar-refractivity contribution in [3.05, 3.63) is 66.4 Å². The van der Waals surface area contributed by atoms with Gasteiger partial charge in [-0.25, -0.2) is 4.98 Å². The highest BCUT2D eigenvalue weighted by Crippen LogP contribution is 2.44. The van der Waals surface area contributed by atoms with Gasteiger partial charge in [0.2, 0.25) is 0 Å². The van der Waals surface area contributed by atoms with Crippen molar-refractivity contribution >= 4 is 0 Å². The number of ether oxygens (including phenoxy) is 1. The minimum Gasteiger partial charge on any atom is -0.497 e. The van der Waals surface area contributed by atoms with Crippen molar-refractivity contribution < 1.29 is 4.74 Å². The number of pyridine rings is 1. The normalized spacial score (nSPS) is 18.3. The molecule has 0 bridgehead atoms. The van der Waals surface area contributed by atoms with E-state index in [9.17, 15) is 0 Å². The molecule has 5 heteroatoms. The first kappa shape index (κ1) is 17.4. The molecule has 0 unspecified atom stereocenters. The number of nitrogens with zero attached hydrogens (tertiary/aromatic N) is 4. The standard InChI is InChI=1S/C23H26N4O/c1-28-20-6-2-5-19(14-20)21-16-25-22-23(9-13-27(21)22)7-11-26(12-8-23)17-18-4-3-10-24-15-18/h2-6,10,14-16H,7-9,11-13,17H2,1H3. The Labute approximate surface area is 166 Å². The first-order valence-corrected chi connectivity index (χ1v) is 10.1. The van der Waals surface area contributed by atoms with Crippen LogP contribution in [0.1, 0.15) is 30.7 Å². The third-order valence-corrected chi connectivity index (χ3v) is 6.45. The van der Waals surface area contributed by atoms with Gasteiger partial charge in [0.25, 0.3) is 0 Å². The Morgan fingerprint density at radius 2 is 1.89 bits per heavy atom. The summed E-state index contributed by atoms with van der Waals surface area (Å²) in [5.41, 5.74) is 3.93. The molecule has 1 aromatic carbocycles. The van der Waals surface area contributed by atoms with Crippen LogP contribution in [0.25, 0.3) is 11.3 Å². The summed E-state index contributed by atoms with van der Waals surface area (Å²) >= 11 is 0. The molecule has 2 aliphatic rings. The molecule has 5 rings (SSSR count). The van der Waals surface area contributed by atoms with Crippen LogP contribution >= 0.6 is 0 Å². The third-order valence-electron chi connectivity index (χ3n) is 6.45. The van der Waals surface area contributed by atoms with Crippen molar-refractivity contribution in [2.75, 3.05) is 20.2 Å². The second kappa shape index (κ2) is 7.06. The summed E-state index contributed by atoms with van der Waals surface area (Å²) in [5.74, 6) is 2.18. The summed E-state index contributed by atoms with van der Waals surface area (Å²) in [6.45, 7) is 4.30. The molecule has 2 aromatic heterocycles. The van der Waals surface area contributed by atoms with Crippen LogP contribution in [-0.4, -0.2) is 39.6 Å². The summed E-state index contributed by atoms with van der Waals surface area (Å²) in [6.07, 6.45) is 9.44. The Balaban J connectivity index is 1.34. The number of benzene rings is 1. The van der Waals surface area contributed by atoms with Crippen LogP contribution in [0, 0.1) is 0 Å². The Morgan fingerprint density at radius 1 is 1.04 bits per heavy atom. The topological polar surface area (TPSA) is 43.2 Å². The van der Waals surface area contributed by atoms with Gasteiger partial charge in [0.1, 0.15) is 11.6 Å². The van der Waals surface area contributed by atoms with Gasteiger partial charge in [0.15, 0.2) is 0 Å². The van der Waals surface area contributed by atoms with E-state index in [-0.39, 0.29) is 5.41 Å². The van der Waals surface area contributed by atoms with Gasteiger partial charge in [-0.3, -0.25) is 9.88 Å². The van der Waals surface area contributed by atoms with Gasteiger partial charge in [-0.05, 0) is 56.1 Å². The van der Waals surface area contributed by atoms with Crippen molar-refractivity contribution in [1.29, 1.82) is 0 Å². The van der Waals surface area contributed by atoms with Crippen molar-refractivity contribution in [3.8, 4) is 17.0 Å². The molecule has 0 saturated carbocycles. The molecule has 1 fully saturated rings. The van der Waals surface area contributed by atoms with E-state index in [1.54, 1.807) is 7.11 Å². The predicted molar refractivity (Wildman–Crippen MR) is 109 cm³/mol. The molecule has 5 nitrogen and oxygen atoms in total. The lowest BCUT2D eigenvalue weighted by atomic mass is 9.76. The molecule has 4 heterocycles. The van der Waals surface area contributed by atoms with E-state index in [1.165, 1.54) is 41.9 Å². The summed E-state index contributed by atoms with van der Waals surface area (Å²) in [4.78, 5) is 11.7. The first-order chi connectivity index (χ1) is 13.8. The zero-order chi connectivity index (χ0) is 19.0. The quantitative estimate of drug-likeness (QED) is 0.695. The number of methoxy groups -OCH3 is 1. The van der Waals surface area contributed by atoms with Crippen LogP contribution in [0.15, 0.2) is 55.0 Å². The summed E-state index contributed by atoms with van der Waals surface area (Å²) in [7, 11) is 1.72. The Kier molecular flexibility index (Phi) is 4.40. The fourth-order valence-electron chi connectivity index (χ4n) is 4.84. The van der Waals surface area contributed by atoms with Crippen molar-refractivity contribution in [3.63, 3.8) is 0 Å². The minimum absolute atomic E-state index is 0.239. The average Bonchev–Trinajstić information content (AvgIpc) is 3.33. The van der Waals surface area contributed by atoms with Gasteiger partial charge in [-0.2, -0.15) is 0 Å². The minimum atomic E-state index is 0.239. The molecule has 1 spiro atoms. The van der Waals surface area contributed by atoms with Crippen molar-refractivity contribution in [2.24, 2.45) is 0 Å². The molecule has 2 aliphatic heterocycles. The van der Waals surface area contributed by atoms with E-state index in [0.717, 1.165) is 31.9 Å². The first-order valence-electron chi connectivity index (χ1n) is 10.1. The molecule has 0 N–H and O–H groups in total. The SMILES string of the molecule is COc1cccc(-c2cnc3n2CCC32CCN(Cc3cccnc3)CC2)c1. The molecule has 0 aliphatic carbocycles. The molecule has 0 atom stereocenters. The van der Waals surface area contributed by atoms with Crippen molar-refractivity contribution in [2.45, 2.75) is 37.8 Å². The number of hydrogen-bond acceptors (Lipinski definition) is 4. The van der Waals surface area contributed by atoms with Crippen LogP contribution in [0.2, 0.25) is 0 Å². The Morgan fingerprint density at radius 3 is 2.68 bits per heavy atom. The van der Waals surface area contributed by atoms with Crippen LogP contribution in [-0.2, 0) is 18.5 Å². The number of hydrogen-bond donors (Lipinski definition) is 0. The van der Waals surface area contributed by atoms with E-state index in [4.69, 9.17) is 9.72 Å². The van der Waals surface area contributed by atoms with E-state index < -0.39 is 0 Å². The number of fused-ring (bicyclic) bond motifs is 2.